The fourth-order valence-corrected chi connectivity index (χ4v) is 3.99. The minimum atomic E-state index is -0.635. The summed E-state index contributed by atoms with van der Waals surface area (Å²) in [6.45, 7) is 3.49. The molecule has 9 heteroatoms. The molecule has 7 nitrogen and oxygen atoms in total. The molecule has 0 spiro atoms. The van der Waals surface area contributed by atoms with Crippen molar-refractivity contribution < 1.29 is 9.21 Å². The molecule has 1 aliphatic heterocycles. The number of fused-ring (bicyclic) bond motifs is 1. The summed E-state index contributed by atoms with van der Waals surface area (Å²) in [4.78, 5) is 25.4. The van der Waals surface area contributed by atoms with Gasteiger partial charge in [0.15, 0.2) is 5.82 Å². The molecule has 1 saturated heterocycles. The number of hydrogen-bond donors (Lipinski definition) is 2. The second kappa shape index (κ2) is 8.57. The number of halogens is 2. The zero-order chi connectivity index (χ0) is 19.8. The summed E-state index contributed by atoms with van der Waals surface area (Å²) in [6.07, 6.45) is 1.99. The number of hydrogen-bond acceptors (Lipinski definition) is 5. The monoisotopic (exact) mass is 436 g/mol. The summed E-state index contributed by atoms with van der Waals surface area (Å²) in [7, 11) is 1.76. The molecule has 1 fully saturated rings. The maximum atomic E-state index is 12.8. The van der Waals surface area contributed by atoms with Crippen molar-refractivity contribution in [1.29, 1.82) is 0 Å². The highest BCUT2D eigenvalue weighted by Crippen LogP contribution is 2.30. The molecule has 2 N–H and O–H groups in total. The Kier molecular flexibility index (Phi) is 6.31. The molecule has 3 aromatic rings. The van der Waals surface area contributed by atoms with Gasteiger partial charge in [0.1, 0.15) is 11.3 Å². The first-order chi connectivity index (χ1) is 13.5. The first-order valence-electron chi connectivity index (χ1n) is 9.23. The Morgan fingerprint density at radius 3 is 2.90 bits per heavy atom. The predicted octanol–water partition coefficient (Wildman–Crippen LogP) is 3.63. The van der Waals surface area contributed by atoms with Gasteiger partial charge in [0.05, 0.1) is 15.9 Å². The van der Waals surface area contributed by atoms with Gasteiger partial charge < -0.3 is 15.1 Å². The average molecular weight is 437 g/mol. The van der Waals surface area contributed by atoms with Crippen LogP contribution in [0.3, 0.4) is 0 Å². The third-order valence-corrected chi connectivity index (χ3v) is 5.47. The van der Waals surface area contributed by atoms with Gasteiger partial charge in [-0.15, -0.1) is 12.4 Å². The van der Waals surface area contributed by atoms with Crippen molar-refractivity contribution in [2.24, 2.45) is 7.05 Å². The van der Waals surface area contributed by atoms with Gasteiger partial charge in [-0.3, -0.25) is 9.48 Å². The van der Waals surface area contributed by atoms with Crippen molar-refractivity contribution in [3.05, 3.63) is 56.6 Å². The number of amides is 1. The van der Waals surface area contributed by atoms with Crippen LogP contribution in [0.5, 0.6) is 0 Å². The number of benzene rings is 1. The zero-order valence-corrected chi connectivity index (χ0v) is 17.7. The summed E-state index contributed by atoms with van der Waals surface area (Å²) in [6, 6.07) is 7.19. The number of aryl methyl sites for hydroxylation is 2. The SMILES string of the molecule is Cc1cc(C2CCCNC2)oc(=O)c1C(=O)Nc1nn(C)c2cccc(Cl)c12.Cl. The van der Waals surface area contributed by atoms with Gasteiger partial charge in [0, 0.05) is 19.5 Å². The lowest BCUT2D eigenvalue weighted by Gasteiger charge is -2.22. The zero-order valence-electron chi connectivity index (χ0n) is 16.1. The van der Waals surface area contributed by atoms with E-state index in [1.165, 1.54) is 0 Å². The molecule has 29 heavy (non-hydrogen) atoms. The molecule has 154 valence electrons. The highest BCUT2D eigenvalue weighted by atomic mass is 35.5. The molecule has 0 radical (unpaired) electrons. The summed E-state index contributed by atoms with van der Waals surface area (Å²) in [5.41, 5.74) is 0.718. The number of aromatic nitrogens is 2. The van der Waals surface area contributed by atoms with E-state index in [-0.39, 0.29) is 23.9 Å². The van der Waals surface area contributed by atoms with Crippen LogP contribution in [0.2, 0.25) is 5.02 Å². The standard InChI is InChI=1S/C20H21ClN4O3.ClH/c1-11-9-15(12-5-4-8-22-10-12)28-20(27)16(11)19(26)23-18-17-13(21)6-3-7-14(17)25(2)24-18;/h3,6-7,9,12,22H,4-5,8,10H2,1-2H3,(H,23,24,26);1H. The first-order valence-corrected chi connectivity index (χ1v) is 9.61. The van der Waals surface area contributed by atoms with Gasteiger partial charge in [-0.1, -0.05) is 17.7 Å². The Balaban J connectivity index is 0.00000240. The van der Waals surface area contributed by atoms with Crippen molar-refractivity contribution in [3.63, 3.8) is 0 Å². The molecular weight excluding hydrogens is 415 g/mol. The van der Waals surface area contributed by atoms with E-state index >= 15 is 0 Å². The second-order valence-corrected chi connectivity index (χ2v) is 7.51. The van der Waals surface area contributed by atoms with E-state index in [4.69, 9.17) is 16.0 Å². The molecule has 0 saturated carbocycles. The number of anilines is 1. The van der Waals surface area contributed by atoms with Crippen LogP contribution in [0.15, 0.2) is 33.5 Å². The van der Waals surface area contributed by atoms with E-state index in [2.05, 4.69) is 15.7 Å². The Morgan fingerprint density at radius 1 is 1.41 bits per heavy atom. The molecule has 1 aliphatic rings. The fourth-order valence-electron chi connectivity index (χ4n) is 3.73. The van der Waals surface area contributed by atoms with Gasteiger partial charge in [-0.2, -0.15) is 5.10 Å². The molecule has 1 unspecified atom stereocenters. The summed E-state index contributed by atoms with van der Waals surface area (Å²) < 4.78 is 7.13. The van der Waals surface area contributed by atoms with Crippen LogP contribution in [0.25, 0.3) is 10.9 Å². The number of nitrogens with zero attached hydrogens (tertiary/aromatic N) is 2. The van der Waals surface area contributed by atoms with Crippen LogP contribution in [0.4, 0.5) is 5.82 Å². The normalized spacial score (nSPS) is 16.4. The first kappa shape index (κ1) is 21.4. The highest BCUT2D eigenvalue weighted by Gasteiger charge is 2.24. The van der Waals surface area contributed by atoms with Crippen molar-refractivity contribution in [2.45, 2.75) is 25.7 Å². The largest absolute Gasteiger partial charge is 0.427 e. The molecule has 0 aliphatic carbocycles. The minimum Gasteiger partial charge on any atom is -0.427 e. The second-order valence-electron chi connectivity index (χ2n) is 7.10. The van der Waals surface area contributed by atoms with E-state index < -0.39 is 11.5 Å². The van der Waals surface area contributed by atoms with Crippen molar-refractivity contribution in [1.82, 2.24) is 15.1 Å². The quantitative estimate of drug-likeness (QED) is 0.653. The Morgan fingerprint density at radius 2 is 2.21 bits per heavy atom. The predicted molar refractivity (Wildman–Crippen MR) is 115 cm³/mol. The van der Waals surface area contributed by atoms with Crippen molar-refractivity contribution in [2.75, 3.05) is 18.4 Å². The molecule has 1 amide bonds. The van der Waals surface area contributed by atoms with Crippen molar-refractivity contribution >= 4 is 46.6 Å². The number of rotatable bonds is 3. The molecule has 1 aromatic carbocycles. The minimum absolute atomic E-state index is 0. The third-order valence-electron chi connectivity index (χ3n) is 5.15. The number of carbonyl (C=O) groups excluding carboxylic acids is 1. The lowest BCUT2D eigenvalue weighted by atomic mass is 9.95. The van der Waals surface area contributed by atoms with E-state index in [1.54, 1.807) is 30.8 Å². The topological polar surface area (TPSA) is 89.2 Å². The van der Waals surface area contributed by atoms with E-state index in [0.717, 1.165) is 31.4 Å². The van der Waals surface area contributed by atoms with E-state index in [9.17, 15) is 9.59 Å². The van der Waals surface area contributed by atoms with Crippen LogP contribution in [-0.4, -0.2) is 28.8 Å². The molecule has 0 bridgehead atoms. The van der Waals surface area contributed by atoms with Gasteiger partial charge in [-0.05, 0) is 50.1 Å². The van der Waals surface area contributed by atoms with Gasteiger partial charge in [0.25, 0.3) is 5.91 Å². The van der Waals surface area contributed by atoms with Crippen molar-refractivity contribution in [3.8, 4) is 0 Å². The highest BCUT2D eigenvalue weighted by molar-refractivity contribution is 6.36. The summed E-state index contributed by atoms with van der Waals surface area (Å²) in [5.74, 6) is 0.528. The third kappa shape index (κ3) is 4.03. The average Bonchev–Trinajstić information content (AvgIpc) is 2.98. The van der Waals surface area contributed by atoms with Crippen LogP contribution < -0.4 is 16.3 Å². The van der Waals surface area contributed by atoms with Gasteiger partial charge >= 0.3 is 5.63 Å². The van der Waals surface area contributed by atoms with E-state index in [1.807, 2.05) is 12.1 Å². The lowest BCUT2D eigenvalue weighted by Crippen LogP contribution is -2.30. The summed E-state index contributed by atoms with van der Waals surface area (Å²) in [5, 5.41) is 11.5. The molecule has 1 atom stereocenters. The van der Waals surface area contributed by atoms with E-state index in [0.29, 0.717) is 27.6 Å². The molecule has 4 rings (SSSR count). The number of piperidine rings is 1. The van der Waals surface area contributed by atoms with Crippen LogP contribution in [0, 0.1) is 6.92 Å². The maximum Gasteiger partial charge on any atom is 0.349 e. The lowest BCUT2D eigenvalue weighted by molar-refractivity contribution is 0.102. The Hall–Kier alpha value is -2.35. The Labute approximate surface area is 178 Å². The fraction of sp³-hybridized carbons (Fsp3) is 0.350. The number of nitrogens with one attached hydrogen (secondary N) is 2. The number of carbonyl (C=O) groups is 1. The van der Waals surface area contributed by atoms with Gasteiger partial charge in [-0.25, -0.2) is 4.79 Å². The summed E-state index contributed by atoms with van der Waals surface area (Å²) >= 11 is 6.28. The maximum absolute atomic E-state index is 12.8. The molecular formula is C20H22Cl2N4O3. The van der Waals surface area contributed by atoms with Crippen LogP contribution in [0.1, 0.15) is 40.4 Å². The molecule has 3 heterocycles. The van der Waals surface area contributed by atoms with Crippen LogP contribution in [-0.2, 0) is 7.05 Å². The van der Waals surface area contributed by atoms with Crippen LogP contribution >= 0.6 is 24.0 Å². The Bertz CT molecular complexity index is 1120. The van der Waals surface area contributed by atoms with Gasteiger partial charge in [0.2, 0.25) is 0 Å². The smallest absolute Gasteiger partial charge is 0.349 e. The molecule has 2 aromatic heterocycles.